The van der Waals surface area contributed by atoms with Gasteiger partial charge >= 0.3 is 11.9 Å². The van der Waals surface area contributed by atoms with E-state index in [0.29, 0.717) is 18.6 Å². The van der Waals surface area contributed by atoms with Crippen LogP contribution in [0, 0.1) is 5.92 Å². The molecule has 1 aliphatic rings. The van der Waals surface area contributed by atoms with Crippen LogP contribution in [0.25, 0.3) is 5.70 Å². The Kier molecular flexibility index (Phi) is 5.23. The van der Waals surface area contributed by atoms with Gasteiger partial charge < -0.3 is 9.47 Å². The van der Waals surface area contributed by atoms with Gasteiger partial charge in [-0.2, -0.15) is 5.10 Å². The van der Waals surface area contributed by atoms with E-state index in [9.17, 15) is 9.59 Å². The Morgan fingerprint density at radius 2 is 2.13 bits per heavy atom. The van der Waals surface area contributed by atoms with Crippen molar-refractivity contribution in [2.75, 3.05) is 6.61 Å². The number of carbonyl (C=O) groups is 2. The zero-order valence-electron chi connectivity index (χ0n) is 14.2. The number of hydrogen-bond donors (Lipinski definition) is 0. The van der Waals surface area contributed by atoms with Crippen molar-refractivity contribution in [3.05, 3.63) is 24.0 Å². The first-order chi connectivity index (χ1) is 10.8. The lowest BCUT2D eigenvalue weighted by Gasteiger charge is -2.20. The van der Waals surface area contributed by atoms with E-state index in [-0.39, 0.29) is 17.9 Å². The maximum atomic E-state index is 12.0. The number of esters is 2. The molecule has 0 aliphatic heterocycles. The van der Waals surface area contributed by atoms with E-state index < -0.39 is 5.60 Å². The minimum absolute atomic E-state index is 0.0837. The molecule has 1 atom stereocenters. The second kappa shape index (κ2) is 6.98. The van der Waals surface area contributed by atoms with Crippen LogP contribution in [-0.4, -0.2) is 33.9 Å². The number of aromatic nitrogens is 2. The Hall–Kier alpha value is -2.11. The summed E-state index contributed by atoms with van der Waals surface area (Å²) in [5, 5.41) is 4.23. The molecule has 0 amide bonds. The lowest BCUT2D eigenvalue weighted by atomic mass is 9.92. The molecule has 1 unspecified atom stereocenters. The van der Waals surface area contributed by atoms with Crippen LogP contribution in [0.5, 0.6) is 0 Å². The molecule has 6 heteroatoms. The fourth-order valence-electron chi connectivity index (χ4n) is 2.42. The van der Waals surface area contributed by atoms with Gasteiger partial charge in [0.25, 0.3) is 0 Å². The molecule has 1 aromatic heterocycles. The third kappa shape index (κ3) is 4.68. The molecule has 0 aromatic carbocycles. The molecule has 6 nitrogen and oxygen atoms in total. The number of nitrogens with zero attached hydrogens (tertiary/aromatic N) is 2. The summed E-state index contributed by atoms with van der Waals surface area (Å²) in [7, 11) is 0. The van der Waals surface area contributed by atoms with Gasteiger partial charge in [-0.15, -0.1) is 0 Å². The van der Waals surface area contributed by atoms with E-state index in [1.54, 1.807) is 10.9 Å². The first-order valence-electron chi connectivity index (χ1n) is 7.94. The van der Waals surface area contributed by atoms with Crippen LogP contribution in [0.4, 0.5) is 0 Å². The van der Waals surface area contributed by atoms with Gasteiger partial charge in [0.15, 0.2) is 0 Å². The molecular weight excluding hydrogens is 296 g/mol. The van der Waals surface area contributed by atoms with Gasteiger partial charge in [-0.05, 0) is 47.0 Å². The third-order valence-corrected chi connectivity index (χ3v) is 3.52. The van der Waals surface area contributed by atoms with Gasteiger partial charge in [0.1, 0.15) is 5.60 Å². The lowest BCUT2D eigenvalue weighted by molar-refractivity contribution is -0.148. The van der Waals surface area contributed by atoms with E-state index in [1.807, 2.05) is 33.8 Å². The molecule has 126 valence electrons. The van der Waals surface area contributed by atoms with Crippen molar-refractivity contribution in [3.63, 3.8) is 0 Å². The van der Waals surface area contributed by atoms with Crippen LogP contribution in [0.2, 0.25) is 0 Å². The fourth-order valence-corrected chi connectivity index (χ4v) is 2.42. The van der Waals surface area contributed by atoms with E-state index in [4.69, 9.17) is 9.47 Å². The van der Waals surface area contributed by atoms with Crippen molar-refractivity contribution in [1.82, 2.24) is 9.78 Å². The summed E-state index contributed by atoms with van der Waals surface area (Å²) in [5.41, 5.74) is 0.879. The average Bonchev–Trinajstić information content (AvgIpc) is 2.96. The number of rotatable bonds is 4. The Morgan fingerprint density at radius 3 is 2.70 bits per heavy atom. The number of ether oxygens (including phenoxy) is 2. The van der Waals surface area contributed by atoms with Gasteiger partial charge in [0.2, 0.25) is 0 Å². The van der Waals surface area contributed by atoms with Crippen molar-refractivity contribution in [2.24, 2.45) is 5.92 Å². The van der Waals surface area contributed by atoms with Gasteiger partial charge in [0, 0.05) is 11.9 Å². The molecule has 0 bridgehead atoms. The molecule has 0 spiro atoms. The number of allylic oxidation sites excluding steroid dienone is 2. The Morgan fingerprint density at radius 1 is 1.39 bits per heavy atom. The largest absolute Gasteiger partial charge is 0.466 e. The van der Waals surface area contributed by atoms with Crippen LogP contribution in [-0.2, 0) is 14.3 Å². The highest BCUT2D eigenvalue weighted by molar-refractivity contribution is 5.89. The fraction of sp³-hybridized carbons (Fsp3) is 0.588. The molecular formula is C17H24N2O4. The normalized spacial score (nSPS) is 18.3. The van der Waals surface area contributed by atoms with Gasteiger partial charge in [0.05, 0.1) is 24.3 Å². The summed E-state index contributed by atoms with van der Waals surface area (Å²) >= 11 is 0. The third-order valence-electron chi connectivity index (χ3n) is 3.52. The molecule has 1 aliphatic carbocycles. The molecule has 2 rings (SSSR count). The summed E-state index contributed by atoms with van der Waals surface area (Å²) in [6, 6.07) is 0. The summed E-state index contributed by atoms with van der Waals surface area (Å²) < 4.78 is 12.1. The molecule has 0 saturated heterocycles. The van der Waals surface area contributed by atoms with E-state index in [1.165, 1.54) is 6.20 Å². The first-order valence-corrected chi connectivity index (χ1v) is 7.94. The Labute approximate surface area is 136 Å². The zero-order chi connectivity index (χ0) is 17.0. The van der Waals surface area contributed by atoms with E-state index in [0.717, 1.165) is 18.5 Å². The molecule has 1 aromatic rings. The zero-order valence-corrected chi connectivity index (χ0v) is 14.2. The predicted molar refractivity (Wildman–Crippen MR) is 85.6 cm³/mol. The number of carbonyl (C=O) groups excluding carboxylic acids is 2. The van der Waals surface area contributed by atoms with Crippen molar-refractivity contribution >= 4 is 17.6 Å². The smallest absolute Gasteiger partial charge is 0.341 e. The van der Waals surface area contributed by atoms with Crippen molar-refractivity contribution < 1.29 is 19.1 Å². The van der Waals surface area contributed by atoms with Crippen molar-refractivity contribution in [1.29, 1.82) is 0 Å². The molecule has 0 N–H and O–H groups in total. The quantitative estimate of drug-likeness (QED) is 0.797. The molecule has 23 heavy (non-hydrogen) atoms. The summed E-state index contributed by atoms with van der Waals surface area (Å²) in [5.74, 6) is -0.609. The van der Waals surface area contributed by atoms with Crippen LogP contribution >= 0.6 is 0 Å². The monoisotopic (exact) mass is 320 g/mol. The average molecular weight is 320 g/mol. The summed E-state index contributed by atoms with van der Waals surface area (Å²) in [6.45, 7) is 7.70. The molecule has 0 radical (unpaired) electrons. The van der Waals surface area contributed by atoms with Crippen LogP contribution in [0.1, 0.15) is 57.3 Å². The maximum Gasteiger partial charge on any atom is 0.341 e. The number of hydrogen-bond acceptors (Lipinski definition) is 5. The van der Waals surface area contributed by atoms with Gasteiger partial charge in [-0.25, -0.2) is 9.48 Å². The van der Waals surface area contributed by atoms with Gasteiger partial charge in [-0.1, -0.05) is 6.08 Å². The minimum Gasteiger partial charge on any atom is -0.466 e. The van der Waals surface area contributed by atoms with Crippen LogP contribution in [0.3, 0.4) is 0 Å². The second-order valence-corrected chi connectivity index (χ2v) is 6.59. The highest BCUT2D eigenvalue weighted by Gasteiger charge is 2.24. The molecule has 0 fully saturated rings. The summed E-state index contributed by atoms with van der Waals surface area (Å²) in [6.07, 6.45) is 7.24. The first kappa shape index (κ1) is 17.2. The van der Waals surface area contributed by atoms with Crippen molar-refractivity contribution in [3.8, 4) is 0 Å². The van der Waals surface area contributed by atoms with E-state index >= 15 is 0 Å². The van der Waals surface area contributed by atoms with Gasteiger partial charge in [-0.3, -0.25) is 4.79 Å². The predicted octanol–water partition coefficient (Wildman–Crippen LogP) is 3.04. The molecule has 1 heterocycles. The van der Waals surface area contributed by atoms with E-state index in [2.05, 4.69) is 5.10 Å². The highest BCUT2D eigenvalue weighted by atomic mass is 16.6. The topological polar surface area (TPSA) is 70.4 Å². The SMILES string of the molecule is CCOC(=O)C1CC=C(n2cc(C(=O)OC(C)(C)C)cn2)CC1. The van der Waals surface area contributed by atoms with Crippen LogP contribution < -0.4 is 0 Å². The maximum absolute atomic E-state index is 12.0. The lowest BCUT2D eigenvalue weighted by Crippen LogP contribution is -2.23. The summed E-state index contributed by atoms with van der Waals surface area (Å²) in [4.78, 5) is 23.7. The second-order valence-electron chi connectivity index (χ2n) is 6.59. The van der Waals surface area contributed by atoms with Crippen LogP contribution in [0.15, 0.2) is 18.5 Å². The minimum atomic E-state index is -0.532. The van der Waals surface area contributed by atoms with Crippen molar-refractivity contribution in [2.45, 2.75) is 52.6 Å². The highest BCUT2D eigenvalue weighted by Crippen LogP contribution is 2.27. The Bertz CT molecular complexity index is 610. The molecule has 0 saturated carbocycles. The standard InChI is InChI=1S/C17H24N2O4/c1-5-22-15(20)12-6-8-14(9-7-12)19-11-13(10-18-19)16(21)23-17(2,3)4/h8,10-12H,5-7,9H2,1-4H3. The Balaban J connectivity index is 2.02.